The third kappa shape index (κ3) is 6.54. The van der Waals surface area contributed by atoms with Crippen LogP contribution in [0, 0.1) is 0 Å². The highest BCUT2D eigenvalue weighted by molar-refractivity contribution is 6.44. The Morgan fingerprint density at radius 1 is 1.14 bits per heavy atom. The molecule has 0 N–H and O–H groups in total. The van der Waals surface area contributed by atoms with Crippen molar-refractivity contribution in [3.8, 4) is 0 Å². The van der Waals surface area contributed by atoms with Gasteiger partial charge < -0.3 is 13.8 Å². The molecule has 0 aromatic carbocycles. The fourth-order valence-electron chi connectivity index (χ4n) is 1.22. The van der Waals surface area contributed by atoms with E-state index in [-0.39, 0.29) is 0 Å². The summed E-state index contributed by atoms with van der Waals surface area (Å²) in [6, 6.07) is 1.73. The molecule has 0 amide bonds. The molecular weight excluding hydrogens is 194 g/mol. The van der Waals surface area contributed by atoms with Crippen LogP contribution >= 0.6 is 0 Å². The van der Waals surface area contributed by atoms with Crippen molar-refractivity contribution in [2.45, 2.75) is 39.3 Å². The zero-order valence-corrected chi connectivity index (χ0v) is 11.4. The molecule has 0 fully saturated rings. The zero-order valence-electron chi connectivity index (χ0n) is 10.2. The summed E-state index contributed by atoms with van der Waals surface area (Å²) in [5.41, 5.74) is 0. The second-order valence-corrected chi connectivity index (χ2v) is 5.83. The van der Waals surface area contributed by atoms with E-state index in [1.807, 2.05) is 13.8 Å². The van der Waals surface area contributed by atoms with Crippen LogP contribution in [0.25, 0.3) is 0 Å². The molecule has 0 heterocycles. The van der Waals surface area contributed by atoms with E-state index in [1.165, 1.54) is 6.42 Å². The van der Waals surface area contributed by atoms with E-state index < -0.39 is 9.28 Å². The summed E-state index contributed by atoms with van der Waals surface area (Å²) in [7, 11) is 2.87. The van der Waals surface area contributed by atoms with Crippen molar-refractivity contribution < 1.29 is 8.85 Å². The number of hydrogen-bond donors (Lipinski definition) is 0. The Bertz CT molecular complexity index is 127. The molecule has 1 atom stereocenters. The molecule has 86 valence electrons. The van der Waals surface area contributed by atoms with Gasteiger partial charge in [-0.2, -0.15) is 0 Å². The number of rotatable bonds is 8. The molecule has 0 saturated heterocycles. The molecule has 0 aliphatic carbocycles. The van der Waals surface area contributed by atoms with Gasteiger partial charge in [0.25, 0.3) is 0 Å². The van der Waals surface area contributed by atoms with Crippen LogP contribution in [0.5, 0.6) is 0 Å². The van der Waals surface area contributed by atoms with Crippen LogP contribution in [0.1, 0.15) is 27.2 Å². The van der Waals surface area contributed by atoms with E-state index in [9.17, 15) is 0 Å². The van der Waals surface area contributed by atoms with Gasteiger partial charge in [-0.05, 0) is 47.3 Å². The van der Waals surface area contributed by atoms with E-state index >= 15 is 0 Å². The third-order valence-electron chi connectivity index (χ3n) is 2.41. The summed E-state index contributed by atoms with van der Waals surface area (Å²) in [5, 5.41) is 0. The van der Waals surface area contributed by atoms with Crippen molar-refractivity contribution >= 4 is 9.28 Å². The van der Waals surface area contributed by atoms with E-state index in [4.69, 9.17) is 8.85 Å². The largest absolute Gasteiger partial charge is 0.397 e. The molecule has 0 saturated carbocycles. The molecule has 14 heavy (non-hydrogen) atoms. The molecule has 3 nitrogen and oxygen atoms in total. The molecule has 0 aromatic rings. The molecule has 1 unspecified atom stereocenters. The smallest absolute Gasteiger partial charge is 0.321 e. The minimum atomic E-state index is -1.36. The SMILES string of the molecule is CCO[SiH](CCC(C)N(C)C)OCC. The van der Waals surface area contributed by atoms with Crippen molar-refractivity contribution in [1.82, 2.24) is 4.90 Å². The number of hydrogen-bond acceptors (Lipinski definition) is 3. The highest BCUT2D eigenvalue weighted by Gasteiger charge is 2.14. The Morgan fingerprint density at radius 2 is 1.64 bits per heavy atom. The molecule has 0 aliphatic heterocycles. The average Bonchev–Trinajstić information content (AvgIpc) is 2.14. The molecule has 0 rings (SSSR count). The van der Waals surface area contributed by atoms with Crippen LogP contribution in [-0.4, -0.2) is 47.5 Å². The molecular formula is C10H25NO2Si. The van der Waals surface area contributed by atoms with Crippen molar-refractivity contribution in [1.29, 1.82) is 0 Å². The maximum atomic E-state index is 5.61. The van der Waals surface area contributed by atoms with Crippen LogP contribution in [-0.2, 0) is 8.85 Å². The lowest BCUT2D eigenvalue weighted by atomic mass is 10.2. The van der Waals surface area contributed by atoms with Gasteiger partial charge in [-0.3, -0.25) is 0 Å². The Labute approximate surface area is 90.2 Å². The molecule has 0 spiro atoms. The molecule has 4 heteroatoms. The summed E-state index contributed by atoms with van der Waals surface area (Å²) in [6.45, 7) is 7.88. The van der Waals surface area contributed by atoms with Gasteiger partial charge in [0, 0.05) is 19.3 Å². The van der Waals surface area contributed by atoms with Crippen molar-refractivity contribution in [3.05, 3.63) is 0 Å². The van der Waals surface area contributed by atoms with Gasteiger partial charge in [0.1, 0.15) is 0 Å². The first-order valence-corrected chi connectivity index (χ1v) is 7.27. The third-order valence-corrected chi connectivity index (χ3v) is 4.62. The number of nitrogens with zero attached hydrogens (tertiary/aromatic N) is 1. The van der Waals surface area contributed by atoms with E-state index in [1.54, 1.807) is 0 Å². The monoisotopic (exact) mass is 219 g/mol. The van der Waals surface area contributed by atoms with Gasteiger partial charge in [0.05, 0.1) is 0 Å². The fraction of sp³-hybridized carbons (Fsp3) is 1.00. The van der Waals surface area contributed by atoms with E-state index in [2.05, 4.69) is 25.9 Å². The normalized spacial score (nSPS) is 13.9. The molecule has 0 aliphatic rings. The van der Waals surface area contributed by atoms with Crippen LogP contribution < -0.4 is 0 Å². The van der Waals surface area contributed by atoms with Gasteiger partial charge in [-0.15, -0.1) is 0 Å². The van der Waals surface area contributed by atoms with E-state index in [0.717, 1.165) is 19.3 Å². The first kappa shape index (κ1) is 14.1. The van der Waals surface area contributed by atoms with Gasteiger partial charge in [0.2, 0.25) is 0 Å². The predicted molar refractivity (Wildman–Crippen MR) is 63.0 cm³/mol. The summed E-state index contributed by atoms with van der Waals surface area (Å²) < 4.78 is 11.2. The minimum Gasteiger partial charge on any atom is -0.397 e. The fourth-order valence-corrected chi connectivity index (χ4v) is 3.15. The standard InChI is InChI=1S/C10H25NO2Si/c1-6-12-14(13-7-2)9-8-10(3)11(4)5/h10,14H,6-9H2,1-5H3. The Kier molecular flexibility index (Phi) is 8.47. The summed E-state index contributed by atoms with van der Waals surface area (Å²) in [6.07, 6.45) is 1.17. The molecule has 0 aromatic heterocycles. The first-order valence-electron chi connectivity index (χ1n) is 5.51. The summed E-state index contributed by atoms with van der Waals surface area (Å²) in [5.74, 6) is 0. The van der Waals surface area contributed by atoms with Gasteiger partial charge in [-0.1, -0.05) is 0 Å². The van der Waals surface area contributed by atoms with Gasteiger partial charge in [0.15, 0.2) is 0 Å². The Morgan fingerprint density at radius 3 is 2.00 bits per heavy atom. The van der Waals surface area contributed by atoms with Crippen LogP contribution in [0.4, 0.5) is 0 Å². The quantitative estimate of drug-likeness (QED) is 0.579. The lowest BCUT2D eigenvalue weighted by Crippen LogP contribution is -2.29. The van der Waals surface area contributed by atoms with Gasteiger partial charge >= 0.3 is 9.28 Å². The van der Waals surface area contributed by atoms with Crippen LogP contribution in [0.15, 0.2) is 0 Å². The molecule has 0 bridgehead atoms. The second kappa shape index (κ2) is 8.41. The Hall–Kier alpha value is 0.0969. The Balaban J connectivity index is 3.68. The lowest BCUT2D eigenvalue weighted by Gasteiger charge is -2.21. The van der Waals surface area contributed by atoms with Gasteiger partial charge in [-0.25, -0.2) is 0 Å². The summed E-state index contributed by atoms with van der Waals surface area (Å²) >= 11 is 0. The topological polar surface area (TPSA) is 21.7 Å². The predicted octanol–water partition coefficient (Wildman–Crippen LogP) is 1.62. The van der Waals surface area contributed by atoms with Crippen molar-refractivity contribution in [2.75, 3.05) is 27.3 Å². The van der Waals surface area contributed by atoms with E-state index in [0.29, 0.717) is 6.04 Å². The summed E-state index contributed by atoms with van der Waals surface area (Å²) in [4.78, 5) is 2.24. The first-order chi connectivity index (χ1) is 6.61. The zero-order chi connectivity index (χ0) is 11.0. The van der Waals surface area contributed by atoms with Crippen LogP contribution in [0.3, 0.4) is 0 Å². The second-order valence-electron chi connectivity index (χ2n) is 3.73. The minimum absolute atomic E-state index is 0.617. The maximum absolute atomic E-state index is 5.61. The van der Waals surface area contributed by atoms with Crippen molar-refractivity contribution in [3.63, 3.8) is 0 Å². The molecule has 0 radical (unpaired) electrons. The van der Waals surface area contributed by atoms with Crippen LogP contribution in [0.2, 0.25) is 6.04 Å². The average molecular weight is 219 g/mol. The maximum Gasteiger partial charge on any atom is 0.321 e. The highest BCUT2D eigenvalue weighted by atomic mass is 28.3. The lowest BCUT2D eigenvalue weighted by molar-refractivity contribution is 0.208. The van der Waals surface area contributed by atoms with Crippen molar-refractivity contribution in [2.24, 2.45) is 0 Å². The highest BCUT2D eigenvalue weighted by Crippen LogP contribution is 2.07.